The monoisotopic (exact) mass is 479 g/mol. The summed E-state index contributed by atoms with van der Waals surface area (Å²) in [5.41, 5.74) is 3.51. The van der Waals surface area contributed by atoms with E-state index in [1.54, 1.807) is 34.4 Å². The number of hydrogen-bond donors (Lipinski definition) is 1. The zero-order valence-electron chi connectivity index (χ0n) is 18.1. The summed E-state index contributed by atoms with van der Waals surface area (Å²) in [4.78, 5) is 22.8. The Morgan fingerprint density at radius 1 is 1.12 bits per heavy atom. The molecule has 5 rings (SSSR count). The summed E-state index contributed by atoms with van der Waals surface area (Å²) < 4.78 is 1.18. The summed E-state index contributed by atoms with van der Waals surface area (Å²) in [7, 11) is 0. The van der Waals surface area contributed by atoms with Gasteiger partial charge in [-0.1, -0.05) is 30.3 Å². The van der Waals surface area contributed by atoms with E-state index in [1.165, 1.54) is 15.1 Å². The van der Waals surface area contributed by atoms with Gasteiger partial charge in [0.25, 0.3) is 0 Å². The zero-order chi connectivity index (χ0) is 22.1. The van der Waals surface area contributed by atoms with Crippen LogP contribution in [0.5, 0.6) is 0 Å². The number of aromatic nitrogens is 1. The van der Waals surface area contributed by atoms with Crippen molar-refractivity contribution < 1.29 is 4.79 Å². The quantitative estimate of drug-likeness (QED) is 0.320. The first-order valence-corrected chi connectivity index (χ1v) is 13.4. The average Bonchev–Trinajstić information content (AvgIpc) is 3.38. The second-order valence-corrected chi connectivity index (χ2v) is 11.3. The number of thiophene rings is 1. The number of anilines is 1. The molecule has 4 nitrogen and oxygen atoms in total. The van der Waals surface area contributed by atoms with Crippen LogP contribution in [0.15, 0.2) is 59.5 Å². The first kappa shape index (κ1) is 21.6. The molecule has 0 fully saturated rings. The highest BCUT2D eigenvalue weighted by molar-refractivity contribution is 8.00. The van der Waals surface area contributed by atoms with Crippen molar-refractivity contribution in [3.05, 3.63) is 65.0 Å². The molecule has 0 aliphatic carbocycles. The van der Waals surface area contributed by atoms with Crippen LogP contribution in [0, 0.1) is 0 Å². The van der Waals surface area contributed by atoms with Gasteiger partial charge in [-0.15, -0.1) is 34.4 Å². The van der Waals surface area contributed by atoms with E-state index < -0.39 is 0 Å². The van der Waals surface area contributed by atoms with E-state index in [-0.39, 0.29) is 5.91 Å². The Kier molecular flexibility index (Phi) is 6.33. The topological polar surface area (TPSA) is 45.2 Å². The summed E-state index contributed by atoms with van der Waals surface area (Å²) in [5.74, 6) is 0.421. The van der Waals surface area contributed by atoms with Crippen molar-refractivity contribution in [1.82, 2.24) is 9.88 Å². The number of rotatable bonds is 6. The summed E-state index contributed by atoms with van der Waals surface area (Å²) in [5, 5.41) is 5.18. The fourth-order valence-corrected chi connectivity index (χ4v) is 7.11. The SMILES string of the molecule is CC(C)N1CCc2c(sc(NC(=O)CSc3ccccc3)c2-c2nc3ccccc3s2)C1. The Balaban J connectivity index is 1.46. The molecular weight excluding hydrogens is 454 g/mol. The number of benzene rings is 2. The summed E-state index contributed by atoms with van der Waals surface area (Å²) in [6, 6.07) is 18.8. The minimum Gasteiger partial charge on any atom is -0.316 e. The molecule has 0 atom stereocenters. The van der Waals surface area contributed by atoms with E-state index in [4.69, 9.17) is 4.98 Å². The maximum absolute atomic E-state index is 12.9. The Bertz CT molecular complexity index is 1210. The molecule has 0 saturated heterocycles. The van der Waals surface area contributed by atoms with Crippen LogP contribution in [0.4, 0.5) is 5.00 Å². The Morgan fingerprint density at radius 2 is 1.91 bits per heavy atom. The number of carbonyl (C=O) groups excluding carboxylic acids is 1. The van der Waals surface area contributed by atoms with Gasteiger partial charge in [0.15, 0.2) is 0 Å². The number of para-hydroxylation sites is 1. The molecule has 3 heterocycles. The third-order valence-corrected chi connectivity index (χ3v) is 8.89. The molecular formula is C25H25N3OS3. The minimum absolute atomic E-state index is 0.0283. The molecule has 0 spiro atoms. The molecule has 0 unspecified atom stereocenters. The van der Waals surface area contributed by atoms with Crippen molar-refractivity contribution >= 4 is 55.6 Å². The smallest absolute Gasteiger partial charge is 0.235 e. The third-order valence-electron chi connectivity index (χ3n) is 5.69. The molecule has 1 aliphatic heterocycles. The maximum atomic E-state index is 12.9. The van der Waals surface area contributed by atoms with E-state index >= 15 is 0 Å². The van der Waals surface area contributed by atoms with Crippen molar-refractivity contribution in [3.8, 4) is 10.6 Å². The molecule has 2 aromatic carbocycles. The van der Waals surface area contributed by atoms with Gasteiger partial charge in [-0.2, -0.15) is 0 Å². The van der Waals surface area contributed by atoms with Gasteiger partial charge in [-0.25, -0.2) is 4.98 Å². The molecule has 0 bridgehead atoms. The van der Waals surface area contributed by atoms with Crippen molar-refractivity contribution in [2.45, 2.75) is 37.8 Å². The first-order chi connectivity index (χ1) is 15.6. The van der Waals surface area contributed by atoms with E-state index in [1.807, 2.05) is 36.4 Å². The molecule has 1 amide bonds. The number of nitrogens with zero attached hydrogens (tertiary/aromatic N) is 2. The Hall–Kier alpha value is -2.19. The van der Waals surface area contributed by atoms with Gasteiger partial charge < -0.3 is 5.32 Å². The van der Waals surface area contributed by atoms with Gasteiger partial charge in [0, 0.05) is 34.5 Å². The predicted octanol–water partition coefficient (Wildman–Crippen LogP) is 6.52. The second kappa shape index (κ2) is 9.35. The number of carbonyl (C=O) groups is 1. The molecule has 0 saturated carbocycles. The highest BCUT2D eigenvalue weighted by Gasteiger charge is 2.28. The molecule has 4 aromatic rings. The number of amides is 1. The van der Waals surface area contributed by atoms with Gasteiger partial charge >= 0.3 is 0 Å². The largest absolute Gasteiger partial charge is 0.316 e. The normalized spacial score (nSPS) is 14.1. The lowest BCUT2D eigenvalue weighted by atomic mass is 10.0. The molecule has 0 radical (unpaired) electrons. The lowest BCUT2D eigenvalue weighted by Crippen LogP contribution is -2.35. The van der Waals surface area contributed by atoms with Crippen molar-refractivity contribution in [1.29, 1.82) is 0 Å². The van der Waals surface area contributed by atoms with Gasteiger partial charge in [0.2, 0.25) is 5.91 Å². The van der Waals surface area contributed by atoms with Crippen molar-refractivity contribution in [2.24, 2.45) is 0 Å². The average molecular weight is 480 g/mol. The lowest BCUT2D eigenvalue weighted by molar-refractivity contribution is -0.113. The standard InChI is InChI=1S/C25H25N3OS3/c1-16(2)28-13-12-18-21(14-28)32-25(27-22(29)15-30-17-8-4-3-5-9-17)23(18)24-26-19-10-6-7-11-20(19)31-24/h3-11,16H,12-15H2,1-2H3,(H,27,29). The molecule has 1 aliphatic rings. The van der Waals surface area contributed by atoms with Crippen LogP contribution in [0.25, 0.3) is 20.8 Å². The maximum Gasteiger partial charge on any atom is 0.235 e. The van der Waals surface area contributed by atoms with Crippen LogP contribution in [-0.2, 0) is 17.8 Å². The number of thioether (sulfide) groups is 1. The van der Waals surface area contributed by atoms with Crippen LogP contribution >= 0.6 is 34.4 Å². The highest BCUT2D eigenvalue weighted by Crippen LogP contribution is 2.46. The Morgan fingerprint density at radius 3 is 2.69 bits per heavy atom. The summed E-state index contributed by atoms with van der Waals surface area (Å²) >= 11 is 5.00. The fourth-order valence-electron chi connectivity index (χ4n) is 3.99. The lowest BCUT2D eigenvalue weighted by Gasteiger charge is -2.30. The van der Waals surface area contributed by atoms with Gasteiger partial charge in [-0.3, -0.25) is 9.69 Å². The number of thiazole rings is 1. The predicted molar refractivity (Wildman–Crippen MR) is 138 cm³/mol. The van der Waals surface area contributed by atoms with Crippen molar-refractivity contribution in [3.63, 3.8) is 0 Å². The van der Waals surface area contributed by atoms with Crippen LogP contribution in [0.1, 0.15) is 24.3 Å². The first-order valence-electron chi connectivity index (χ1n) is 10.8. The molecule has 1 N–H and O–H groups in total. The van der Waals surface area contributed by atoms with Crippen LogP contribution < -0.4 is 5.32 Å². The highest BCUT2D eigenvalue weighted by atomic mass is 32.2. The number of nitrogens with one attached hydrogen (secondary N) is 1. The third kappa shape index (κ3) is 4.48. The van der Waals surface area contributed by atoms with E-state index in [9.17, 15) is 4.79 Å². The molecule has 32 heavy (non-hydrogen) atoms. The minimum atomic E-state index is 0.0283. The number of hydrogen-bond acceptors (Lipinski definition) is 6. The van der Waals surface area contributed by atoms with Crippen LogP contribution in [0.3, 0.4) is 0 Å². The van der Waals surface area contributed by atoms with Gasteiger partial charge in [0.1, 0.15) is 10.0 Å². The fraction of sp³-hybridized carbons (Fsp3) is 0.280. The van der Waals surface area contributed by atoms with Crippen LogP contribution in [0.2, 0.25) is 0 Å². The molecule has 7 heteroatoms. The van der Waals surface area contributed by atoms with Crippen molar-refractivity contribution in [2.75, 3.05) is 17.6 Å². The summed E-state index contributed by atoms with van der Waals surface area (Å²) in [6.45, 7) is 6.47. The zero-order valence-corrected chi connectivity index (χ0v) is 20.6. The van der Waals surface area contributed by atoms with Gasteiger partial charge in [-0.05, 0) is 50.1 Å². The Labute approximate surface area is 200 Å². The number of fused-ring (bicyclic) bond motifs is 2. The van der Waals surface area contributed by atoms with Crippen LogP contribution in [-0.4, -0.2) is 34.1 Å². The molecule has 2 aromatic heterocycles. The van der Waals surface area contributed by atoms with E-state index in [2.05, 4.69) is 42.3 Å². The van der Waals surface area contributed by atoms with E-state index in [0.717, 1.165) is 45.5 Å². The summed E-state index contributed by atoms with van der Waals surface area (Å²) in [6.07, 6.45) is 0.990. The second-order valence-electron chi connectivity index (χ2n) is 8.16. The molecule has 164 valence electrons. The van der Waals surface area contributed by atoms with Gasteiger partial charge in [0.05, 0.1) is 16.0 Å². The van der Waals surface area contributed by atoms with E-state index in [0.29, 0.717) is 11.8 Å².